The number of aromatic nitrogens is 4. The van der Waals surface area contributed by atoms with E-state index in [-0.39, 0.29) is 12.3 Å². The first kappa shape index (κ1) is 18.1. The van der Waals surface area contributed by atoms with Gasteiger partial charge in [-0.1, -0.05) is 18.2 Å². The summed E-state index contributed by atoms with van der Waals surface area (Å²) in [5, 5.41) is 7.19. The molecule has 4 rings (SSSR count). The van der Waals surface area contributed by atoms with E-state index in [9.17, 15) is 4.79 Å². The largest absolute Gasteiger partial charge is 0.341 e. The molecule has 0 aliphatic rings. The number of thiazole rings is 1. The Labute approximate surface area is 167 Å². The minimum atomic E-state index is 0.0236. The number of nitrogens with zero attached hydrogens (tertiary/aromatic N) is 5. The van der Waals surface area contributed by atoms with Gasteiger partial charge in [0.1, 0.15) is 5.01 Å². The summed E-state index contributed by atoms with van der Waals surface area (Å²) in [6.45, 7) is 0.505. The van der Waals surface area contributed by atoms with Crippen LogP contribution in [0.25, 0.3) is 16.3 Å². The van der Waals surface area contributed by atoms with E-state index in [4.69, 9.17) is 0 Å². The lowest BCUT2D eigenvalue weighted by Crippen LogP contribution is -2.27. The molecule has 0 bridgehead atoms. The van der Waals surface area contributed by atoms with Crippen LogP contribution in [-0.4, -0.2) is 37.6 Å². The molecule has 7 heteroatoms. The fourth-order valence-corrected chi connectivity index (χ4v) is 3.64. The van der Waals surface area contributed by atoms with Crippen LogP contribution in [0.3, 0.4) is 0 Å². The van der Waals surface area contributed by atoms with E-state index < -0.39 is 0 Å². The van der Waals surface area contributed by atoms with Gasteiger partial charge in [-0.05, 0) is 24.3 Å². The maximum Gasteiger partial charge on any atom is 0.228 e. The zero-order valence-electron chi connectivity index (χ0n) is 15.4. The van der Waals surface area contributed by atoms with Gasteiger partial charge in [0.15, 0.2) is 0 Å². The highest BCUT2D eigenvalue weighted by Crippen LogP contribution is 2.23. The third-order valence-electron chi connectivity index (χ3n) is 4.29. The van der Waals surface area contributed by atoms with E-state index >= 15 is 0 Å². The van der Waals surface area contributed by atoms with Gasteiger partial charge in [-0.3, -0.25) is 9.78 Å². The average molecular weight is 389 g/mol. The molecule has 0 fully saturated rings. The number of likely N-dealkylation sites (N-methyl/N-ethyl adjacent to an activating group) is 1. The molecule has 1 aromatic carbocycles. The van der Waals surface area contributed by atoms with Crippen LogP contribution in [0.4, 0.5) is 0 Å². The number of carbonyl (C=O) groups excluding carboxylic acids is 1. The second kappa shape index (κ2) is 8.14. The number of hydrogen-bond acceptors (Lipinski definition) is 5. The van der Waals surface area contributed by atoms with Crippen molar-refractivity contribution in [1.82, 2.24) is 24.6 Å². The predicted molar refractivity (Wildman–Crippen MR) is 109 cm³/mol. The van der Waals surface area contributed by atoms with Crippen molar-refractivity contribution in [2.24, 2.45) is 0 Å². The number of carbonyl (C=O) groups is 1. The zero-order chi connectivity index (χ0) is 19.3. The lowest BCUT2D eigenvalue weighted by atomic mass is 10.2. The van der Waals surface area contributed by atoms with E-state index in [0.29, 0.717) is 6.54 Å². The van der Waals surface area contributed by atoms with Gasteiger partial charge in [0.25, 0.3) is 0 Å². The summed E-state index contributed by atoms with van der Waals surface area (Å²) in [6.07, 6.45) is 7.53. The lowest BCUT2D eigenvalue weighted by molar-refractivity contribution is -0.129. The molecular weight excluding hydrogens is 370 g/mol. The van der Waals surface area contributed by atoms with Gasteiger partial charge in [-0.15, -0.1) is 11.3 Å². The van der Waals surface area contributed by atoms with Crippen molar-refractivity contribution in [2.75, 3.05) is 7.05 Å². The van der Waals surface area contributed by atoms with Crippen molar-refractivity contribution >= 4 is 17.2 Å². The topological polar surface area (TPSA) is 63.9 Å². The van der Waals surface area contributed by atoms with Gasteiger partial charge >= 0.3 is 0 Å². The van der Waals surface area contributed by atoms with Gasteiger partial charge < -0.3 is 4.90 Å². The number of rotatable bonds is 6. The number of para-hydroxylation sites is 1. The second-order valence-electron chi connectivity index (χ2n) is 6.44. The fraction of sp³-hybridized carbons (Fsp3) is 0.143. The van der Waals surface area contributed by atoms with Crippen molar-refractivity contribution in [3.05, 3.63) is 83.9 Å². The molecule has 4 aromatic rings. The third kappa shape index (κ3) is 4.15. The van der Waals surface area contributed by atoms with Crippen LogP contribution in [0.2, 0.25) is 0 Å². The molecule has 3 aromatic heterocycles. The summed E-state index contributed by atoms with van der Waals surface area (Å²) in [4.78, 5) is 23.0. The molecule has 0 spiro atoms. The number of benzene rings is 1. The molecule has 0 aliphatic carbocycles. The van der Waals surface area contributed by atoms with Gasteiger partial charge in [-0.25, -0.2) is 9.67 Å². The minimum Gasteiger partial charge on any atom is -0.341 e. The highest BCUT2D eigenvalue weighted by atomic mass is 32.1. The van der Waals surface area contributed by atoms with Crippen LogP contribution in [-0.2, 0) is 17.8 Å². The number of amides is 1. The van der Waals surface area contributed by atoms with Crippen LogP contribution < -0.4 is 0 Å². The zero-order valence-corrected chi connectivity index (χ0v) is 16.2. The van der Waals surface area contributed by atoms with Crippen molar-refractivity contribution in [2.45, 2.75) is 13.0 Å². The Hall–Kier alpha value is -3.32. The molecule has 0 saturated heterocycles. The summed E-state index contributed by atoms with van der Waals surface area (Å²) in [5.74, 6) is 0.0236. The highest BCUT2D eigenvalue weighted by molar-refractivity contribution is 7.13. The predicted octanol–water partition coefficient (Wildman–Crippen LogP) is 3.59. The lowest BCUT2D eigenvalue weighted by Gasteiger charge is -2.15. The average Bonchev–Trinajstić information content (AvgIpc) is 3.39. The van der Waals surface area contributed by atoms with E-state index in [2.05, 4.69) is 15.1 Å². The first-order valence-corrected chi connectivity index (χ1v) is 9.75. The van der Waals surface area contributed by atoms with Gasteiger partial charge in [-0.2, -0.15) is 5.10 Å². The standard InChI is InChI=1S/C21H19N5OS/c1-25(13-16-11-23-26(14-16)19-7-3-2-4-8-19)20(27)10-18-15-28-21(24-18)17-6-5-9-22-12-17/h2-9,11-12,14-15H,10,13H2,1H3. The third-order valence-corrected chi connectivity index (χ3v) is 5.24. The van der Waals surface area contributed by atoms with E-state index in [1.807, 2.05) is 58.7 Å². The molecule has 0 atom stereocenters. The van der Waals surface area contributed by atoms with Crippen molar-refractivity contribution < 1.29 is 4.79 Å². The van der Waals surface area contributed by atoms with Crippen molar-refractivity contribution in [1.29, 1.82) is 0 Å². The molecule has 0 saturated carbocycles. The van der Waals surface area contributed by atoms with Crippen LogP contribution in [0.15, 0.2) is 72.6 Å². The summed E-state index contributed by atoms with van der Waals surface area (Å²) >= 11 is 1.53. The van der Waals surface area contributed by atoms with Gasteiger partial charge in [0, 0.05) is 48.7 Å². The van der Waals surface area contributed by atoms with Crippen molar-refractivity contribution in [3.8, 4) is 16.3 Å². The Bertz CT molecular complexity index is 1060. The highest BCUT2D eigenvalue weighted by Gasteiger charge is 2.14. The minimum absolute atomic E-state index is 0.0236. The van der Waals surface area contributed by atoms with Gasteiger partial charge in [0.2, 0.25) is 5.91 Å². The Morgan fingerprint density at radius 2 is 2.00 bits per heavy atom. The summed E-state index contributed by atoms with van der Waals surface area (Å²) in [6, 6.07) is 13.7. The van der Waals surface area contributed by atoms with Crippen LogP contribution >= 0.6 is 11.3 Å². The molecular formula is C21H19N5OS. The van der Waals surface area contributed by atoms with Gasteiger partial charge in [0.05, 0.1) is 24.0 Å². The smallest absolute Gasteiger partial charge is 0.228 e. The maximum atomic E-state index is 12.6. The number of pyridine rings is 1. The molecule has 3 heterocycles. The number of hydrogen-bond donors (Lipinski definition) is 0. The molecule has 28 heavy (non-hydrogen) atoms. The Kier molecular flexibility index (Phi) is 5.25. The first-order valence-electron chi connectivity index (χ1n) is 8.87. The molecule has 0 N–H and O–H groups in total. The molecule has 0 aliphatic heterocycles. The quantitative estimate of drug-likeness (QED) is 0.506. The van der Waals surface area contributed by atoms with Crippen LogP contribution in [0, 0.1) is 0 Å². The molecule has 140 valence electrons. The molecule has 1 amide bonds. The summed E-state index contributed by atoms with van der Waals surface area (Å²) < 4.78 is 1.81. The Morgan fingerprint density at radius 3 is 2.79 bits per heavy atom. The Balaban J connectivity index is 1.38. The van der Waals surface area contributed by atoms with E-state index in [1.165, 1.54) is 11.3 Å². The molecule has 0 radical (unpaired) electrons. The van der Waals surface area contributed by atoms with E-state index in [0.717, 1.165) is 27.5 Å². The normalized spacial score (nSPS) is 10.8. The molecule has 0 unspecified atom stereocenters. The van der Waals surface area contributed by atoms with Crippen LogP contribution in [0.5, 0.6) is 0 Å². The monoisotopic (exact) mass is 389 g/mol. The SMILES string of the molecule is CN(Cc1cnn(-c2ccccc2)c1)C(=O)Cc1csc(-c2cccnc2)n1. The van der Waals surface area contributed by atoms with Crippen molar-refractivity contribution in [3.63, 3.8) is 0 Å². The Morgan fingerprint density at radius 1 is 1.14 bits per heavy atom. The van der Waals surface area contributed by atoms with E-state index in [1.54, 1.807) is 30.5 Å². The summed E-state index contributed by atoms with van der Waals surface area (Å²) in [7, 11) is 1.80. The first-order chi connectivity index (χ1) is 13.7. The molecule has 6 nitrogen and oxygen atoms in total. The van der Waals surface area contributed by atoms with Crippen LogP contribution in [0.1, 0.15) is 11.3 Å². The maximum absolute atomic E-state index is 12.6. The summed E-state index contributed by atoms with van der Waals surface area (Å²) in [5.41, 5.74) is 3.72. The fourth-order valence-electron chi connectivity index (χ4n) is 2.83. The second-order valence-corrected chi connectivity index (χ2v) is 7.30.